The molecule has 5 heteroatoms. The molecule has 0 aliphatic heterocycles. The number of nitrogens with zero attached hydrogens (tertiary/aromatic N) is 3. The molecule has 0 amide bonds. The van der Waals surface area contributed by atoms with Gasteiger partial charge in [0.25, 0.3) is 0 Å². The van der Waals surface area contributed by atoms with Gasteiger partial charge in [-0.15, -0.1) is 0 Å². The van der Waals surface area contributed by atoms with Crippen molar-refractivity contribution < 1.29 is 8.83 Å². The molecule has 8 aromatic rings. The van der Waals surface area contributed by atoms with Gasteiger partial charge in [-0.2, -0.15) is 0 Å². The maximum atomic E-state index is 6.64. The lowest BCUT2D eigenvalue weighted by atomic mass is 10.1. The molecule has 0 atom stereocenters. The topological polar surface area (TPSA) is 56.5 Å². The van der Waals surface area contributed by atoms with Crippen LogP contribution in [-0.2, 0) is 0 Å². The van der Waals surface area contributed by atoms with Gasteiger partial charge in [-0.3, -0.25) is 9.38 Å². The Morgan fingerprint density at radius 1 is 0.613 bits per heavy atom. The molecule has 3 aromatic carbocycles. The summed E-state index contributed by atoms with van der Waals surface area (Å²) in [6.07, 6.45) is 5.63. The third-order valence-corrected chi connectivity index (χ3v) is 6.31. The maximum Gasteiger partial charge on any atom is 0.160 e. The van der Waals surface area contributed by atoms with Crippen LogP contribution in [0.1, 0.15) is 0 Å². The minimum absolute atomic E-state index is 0.831. The standard InChI is InChI=1S/C26H13N3O2/c1-2-6-19-16(4-1)21-20(30-19)10-9-14-15-7-8-17-22-18(5-3-11-27-22)26-28-12-13-29(26)23(17)25(15)31-24(14)21/h1-13H. The van der Waals surface area contributed by atoms with Crippen LogP contribution in [0.2, 0.25) is 0 Å². The summed E-state index contributed by atoms with van der Waals surface area (Å²) in [6, 6.07) is 20.5. The highest BCUT2D eigenvalue weighted by molar-refractivity contribution is 6.26. The molecule has 0 saturated carbocycles. The summed E-state index contributed by atoms with van der Waals surface area (Å²) in [6.45, 7) is 0. The molecule has 0 fully saturated rings. The van der Waals surface area contributed by atoms with E-state index in [1.165, 1.54) is 0 Å². The van der Waals surface area contributed by atoms with Crippen molar-refractivity contribution >= 4 is 71.3 Å². The van der Waals surface area contributed by atoms with E-state index in [2.05, 4.69) is 44.7 Å². The van der Waals surface area contributed by atoms with Gasteiger partial charge in [0, 0.05) is 45.5 Å². The normalized spacial score (nSPS) is 12.5. The minimum atomic E-state index is 0.831. The van der Waals surface area contributed by atoms with Crippen molar-refractivity contribution in [2.45, 2.75) is 0 Å². The molecule has 5 aromatic heterocycles. The fourth-order valence-electron chi connectivity index (χ4n) is 5.01. The van der Waals surface area contributed by atoms with Crippen LogP contribution in [0.5, 0.6) is 0 Å². The van der Waals surface area contributed by atoms with Gasteiger partial charge >= 0.3 is 0 Å². The molecule has 0 aliphatic rings. The van der Waals surface area contributed by atoms with E-state index in [0.717, 1.165) is 71.3 Å². The highest BCUT2D eigenvalue weighted by atomic mass is 16.3. The monoisotopic (exact) mass is 399 g/mol. The summed E-state index contributed by atoms with van der Waals surface area (Å²) in [5, 5.41) is 6.29. The van der Waals surface area contributed by atoms with Crippen LogP contribution in [0.3, 0.4) is 0 Å². The molecule has 5 heterocycles. The van der Waals surface area contributed by atoms with Crippen molar-refractivity contribution in [1.82, 2.24) is 14.4 Å². The van der Waals surface area contributed by atoms with Crippen LogP contribution in [0.15, 0.2) is 88.1 Å². The average Bonchev–Trinajstić information content (AvgIpc) is 3.53. The summed E-state index contributed by atoms with van der Waals surface area (Å²) in [7, 11) is 0. The van der Waals surface area contributed by atoms with Crippen molar-refractivity contribution in [2.75, 3.05) is 0 Å². The van der Waals surface area contributed by atoms with E-state index >= 15 is 0 Å². The molecule has 0 N–H and O–H groups in total. The van der Waals surface area contributed by atoms with Gasteiger partial charge in [0.1, 0.15) is 27.9 Å². The number of hydrogen-bond donors (Lipinski definition) is 0. The number of benzene rings is 3. The van der Waals surface area contributed by atoms with Gasteiger partial charge in [-0.25, -0.2) is 4.98 Å². The zero-order valence-electron chi connectivity index (χ0n) is 16.2. The van der Waals surface area contributed by atoms with Crippen LogP contribution in [0, 0.1) is 0 Å². The lowest BCUT2D eigenvalue weighted by Gasteiger charge is -2.07. The molecule has 5 nitrogen and oxygen atoms in total. The molecule has 0 unspecified atom stereocenters. The largest absolute Gasteiger partial charge is 0.456 e. The second kappa shape index (κ2) is 5.21. The Kier molecular flexibility index (Phi) is 2.60. The number of fused-ring (bicyclic) bond motifs is 14. The van der Waals surface area contributed by atoms with Gasteiger partial charge in [0.15, 0.2) is 5.58 Å². The fourth-order valence-corrected chi connectivity index (χ4v) is 5.01. The first-order chi connectivity index (χ1) is 15.4. The first kappa shape index (κ1) is 15.5. The fraction of sp³-hybridized carbons (Fsp3) is 0. The summed E-state index contributed by atoms with van der Waals surface area (Å²) < 4.78 is 14.8. The van der Waals surface area contributed by atoms with Crippen LogP contribution in [0.25, 0.3) is 71.3 Å². The zero-order valence-corrected chi connectivity index (χ0v) is 16.2. The van der Waals surface area contributed by atoms with Crippen LogP contribution in [0.4, 0.5) is 0 Å². The van der Waals surface area contributed by atoms with E-state index in [-0.39, 0.29) is 0 Å². The molecule has 31 heavy (non-hydrogen) atoms. The minimum Gasteiger partial charge on any atom is -0.456 e. The number of pyridine rings is 2. The lowest BCUT2D eigenvalue weighted by molar-refractivity contribution is 0.663. The predicted octanol–water partition coefficient (Wildman–Crippen LogP) is 6.83. The Morgan fingerprint density at radius 3 is 2.45 bits per heavy atom. The van der Waals surface area contributed by atoms with Crippen molar-refractivity contribution in [3.05, 3.63) is 79.3 Å². The van der Waals surface area contributed by atoms with Gasteiger partial charge in [-0.1, -0.05) is 18.2 Å². The second-order valence-electron chi connectivity index (χ2n) is 7.87. The third-order valence-electron chi connectivity index (χ3n) is 6.31. The lowest BCUT2D eigenvalue weighted by Crippen LogP contribution is -1.92. The van der Waals surface area contributed by atoms with E-state index in [1.54, 1.807) is 0 Å². The number of imidazole rings is 1. The Bertz CT molecular complexity index is 2010. The maximum absolute atomic E-state index is 6.64. The van der Waals surface area contributed by atoms with E-state index in [1.807, 2.05) is 48.9 Å². The smallest absolute Gasteiger partial charge is 0.160 e. The molecular weight excluding hydrogens is 386 g/mol. The molecule has 0 bridgehead atoms. The number of furan rings is 2. The van der Waals surface area contributed by atoms with Gasteiger partial charge in [-0.05, 0) is 42.5 Å². The second-order valence-corrected chi connectivity index (χ2v) is 7.87. The Balaban J connectivity index is 1.68. The molecule has 0 spiro atoms. The quantitative estimate of drug-likeness (QED) is 0.262. The van der Waals surface area contributed by atoms with Crippen LogP contribution < -0.4 is 0 Å². The highest BCUT2D eigenvalue weighted by Gasteiger charge is 2.20. The summed E-state index contributed by atoms with van der Waals surface area (Å²) in [4.78, 5) is 9.28. The van der Waals surface area contributed by atoms with Crippen molar-refractivity contribution in [3.63, 3.8) is 0 Å². The van der Waals surface area contributed by atoms with Crippen molar-refractivity contribution in [3.8, 4) is 0 Å². The first-order valence-corrected chi connectivity index (χ1v) is 10.2. The number of aromatic nitrogens is 3. The molecule has 144 valence electrons. The molecule has 0 radical (unpaired) electrons. The highest BCUT2D eigenvalue weighted by Crippen LogP contribution is 2.42. The van der Waals surface area contributed by atoms with Crippen LogP contribution in [-0.4, -0.2) is 14.4 Å². The van der Waals surface area contributed by atoms with Crippen molar-refractivity contribution in [1.29, 1.82) is 0 Å². The number of para-hydroxylation sites is 1. The molecular formula is C26H13N3O2. The summed E-state index contributed by atoms with van der Waals surface area (Å²) in [5.74, 6) is 0. The van der Waals surface area contributed by atoms with Gasteiger partial charge in [0.05, 0.1) is 10.9 Å². The SMILES string of the molecule is c1ccc2c(c1)oc1ccc3c4ccc5c6ncccc6c6nccn6c5c4oc3c12. The zero-order chi connectivity index (χ0) is 20.1. The first-order valence-electron chi connectivity index (χ1n) is 10.2. The summed E-state index contributed by atoms with van der Waals surface area (Å²) in [5.41, 5.74) is 6.16. The van der Waals surface area contributed by atoms with E-state index < -0.39 is 0 Å². The van der Waals surface area contributed by atoms with E-state index in [9.17, 15) is 0 Å². The van der Waals surface area contributed by atoms with Crippen molar-refractivity contribution in [2.24, 2.45) is 0 Å². The Labute approximate surface area is 174 Å². The number of hydrogen-bond acceptors (Lipinski definition) is 4. The molecule has 8 rings (SSSR count). The van der Waals surface area contributed by atoms with Crippen LogP contribution >= 0.6 is 0 Å². The van der Waals surface area contributed by atoms with Gasteiger partial charge < -0.3 is 8.83 Å². The van der Waals surface area contributed by atoms with Gasteiger partial charge in [0.2, 0.25) is 0 Å². The molecule has 0 aliphatic carbocycles. The average molecular weight is 399 g/mol. The summed E-state index contributed by atoms with van der Waals surface area (Å²) >= 11 is 0. The Morgan fingerprint density at radius 2 is 1.45 bits per heavy atom. The van der Waals surface area contributed by atoms with E-state index in [4.69, 9.17) is 8.83 Å². The predicted molar refractivity (Wildman–Crippen MR) is 123 cm³/mol. The molecule has 0 saturated heterocycles. The number of rotatable bonds is 0. The van der Waals surface area contributed by atoms with E-state index in [0.29, 0.717) is 0 Å². The third kappa shape index (κ3) is 1.78. The Hall–Kier alpha value is -4.38.